The molecular formula is C21H22N4O4. The monoisotopic (exact) mass is 394 g/mol. The van der Waals surface area contributed by atoms with E-state index in [0.29, 0.717) is 30.0 Å². The average Bonchev–Trinajstić information content (AvgIpc) is 3.07. The molecule has 4 amide bonds. The number of benzene rings is 2. The molecule has 4 rings (SSSR count). The summed E-state index contributed by atoms with van der Waals surface area (Å²) in [6.07, 6.45) is 0. The van der Waals surface area contributed by atoms with Crippen molar-refractivity contribution in [3.63, 3.8) is 0 Å². The Kier molecular flexibility index (Phi) is 5.44. The SMILES string of the molecule is O=C(Nc1ccc(N2CCOCC2)cc1)c1ccccc1CN1C(=O)CNC1=O. The fourth-order valence-corrected chi connectivity index (χ4v) is 3.44. The van der Waals surface area contributed by atoms with Crippen molar-refractivity contribution in [2.75, 3.05) is 43.1 Å². The normalized spacial score (nSPS) is 16.7. The van der Waals surface area contributed by atoms with Crippen molar-refractivity contribution in [3.8, 4) is 0 Å². The lowest BCUT2D eigenvalue weighted by Crippen LogP contribution is -2.36. The molecule has 8 heteroatoms. The molecule has 2 N–H and O–H groups in total. The fraction of sp³-hybridized carbons (Fsp3) is 0.286. The van der Waals surface area contributed by atoms with E-state index in [1.807, 2.05) is 24.3 Å². The summed E-state index contributed by atoms with van der Waals surface area (Å²) in [5.41, 5.74) is 2.81. The van der Waals surface area contributed by atoms with Gasteiger partial charge in [-0.3, -0.25) is 14.5 Å². The van der Waals surface area contributed by atoms with Gasteiger partial charge in [0.25, 0.3) is 5.91 Å². The number of hydrogen-bond donors (Lipinski definition) is 2. The van der Waals surface area contributed by atoms with Gasteiger partial charge in [-0.2, -0.15) is 0 Å². The van der Waals surface area contributed by atoms with Crippen LogP contribution in [0.25, 0.3) is 0 Å². The second-order valence-electron chi connectivity index (χ2n) is 6.90. The maximum Gasteiger partial charge on any atom is 0.324 e. The van der Waals surface area contributed by atoms with E-state index in [2.05, 4.69) is 15.5 Å². The Hall–Kier alpha value is -3.39. The number of imide groups is 1. The molecule has 2 saturated heterocycles. The highest BCUT2D eigenvalue weighted by Gasteiger charge is 2.29. The number of morpholine rings is 1. The van der Waals surface area contributed by atoms with Crippen LogP contribution < -0.4 is 15.5 Å². The van der Waals surface area contributed by atoms with E-state index >= 15 is 0 Å². The molecule has 2 aromatic rings. The van der Waals surface area contributed by atoms with Crippen LogP contribution in [0.3, 0.4) is 0 Å². The number of amides is 4. The summed E-state index contributed by atoms with van der Waals surface area (Å²) in [6, 6.07) is 14.2. The summed E-state index contributed by atoms with van der Waals surface area (Å²) in [5, 5.41) is 5.38. The van der Waals surface area contributed by atoms with E-state index in [-0.39, 0.29) is 24.9 Å². The van der Waals surface area contributed by atoms with Crippen molar-refractivity contribution in [3.05, 3.63) is 59.7 Å². The van der Waals surface area contributed by atoms with E-state index in [1.54, 1.807) is 24.3 Å². The summed E-state index contributed by atoms with van der Waals surface area (Å²) in [6.45, 7) is 3.18. The summed E-state index contributed by atoms with van der Waals surface area (Å²) in [5.74, 6) is -0.587. The lowest BCUT2D eigenvalue weighted by molar-refractivity contribution is -0.125. The summed E-state index contributed by atoms with van der Waals surface area (Å²) < 4.78 is 5.37. The highest BCUT2D eigenvalue weighted by Crippen LogP contribution is 2.21. The Bertz CT molecular complexity index is 907. The molecule has 0 aliphatic carbocycles. The number of carbonyl (C=O) groups excluding carboxylic acids is 3. The number of urea groups is 1. The van der Waals surface area contributed by atoms with Gasteiger partial charge in [0.2, 0.25) is 5.91 Å². The quantitative estimate of drug-likeness (QED) is 0.755. The molecule has 0 radical (unpaired) electrons. The Morgan fingerprint density at radius 3 is 2.45 bits per heavy atom. The van der Waals surface area contributed by atoms with Crippen LogP contribution in [0.15, 0.2) is 48.5 Å². The zero-order valence-electron chi connectivity index (χ0n) is 15.9. The Morgan fingerprint density at radius 1 is 1.03 bits per heavy atom. The Morgan fingerprint density at radius 2 is 1.76 bits per heavy atom. The zero-order valence-corrected chi connectivity index (χ0v) is 15.9. The number of anilines is 2. The molecule has 2 aromatic carbocycles. The van der Waals surface area contributed by atoms with Gasteiger partial charge in [0.15, 0.2) is 0 Å². The molecule has 29 heavy (non-hydrogen) atoms. The van der Waals surface area contributed by atoms with Gasteiger partial charge < -0.3 is 20.3 Å². The minimum absolute atomic E-state index is 0.0112. The number of nitrogens with one attached hydrogen (secondary N) is 2. The van der Waals surface area contributed by atoms with Crippen LogP contribution in [0.4, 0.5) is 16.2 Å². The molecule has 2 heterocycles. The summed E-state index contributed by atoms with van der Waals surface area (Å²) in [7, 11) is 0. The molecule has 0 atom stereocenters. The molecule has 0 aromatic heterocycles. The molecule has 0 spiro atoms. The number of nitrogens with zero attached hydrogens (tertiary/aromatic N) is 2. The highest BCUT2D eigenvalue weighted by molar-refractivity contribution is 6.06. The largest absolute Gasteiger partial charge is 0.378 e. The van der Waals surface area contributed by atoms with Gasteiger partial charge in [0.1, 0.15) is 0 Å². The number of hydrogen-bond acceptors (Lipinski definition) is 5. The number of rotatable bonds is 5. The average molecular weight is 394 g/mol. The van der Waals surface area contributed by atoms with Crippen molar-refractivity contribution < 1.29 is 19.1 Å². The first-order valence-electron chi connectivity index (χ1n) is 9.52. The fourth-order valence-electron chi connectivity index (χ4n) is 3.44. The Labute approximate surface area is 168 Å². The van der Waals surface area contributed by atoms with E-state index in [4.69, 9.17) is 4.74 Å². The lowest BCUT2D eigenvalue weighted by Gasteiger charge is -2.28. The highest BCUT2D eigenvalue weighted by atomic mass is 16.5. The van der Waals surface area contributed by atoms with Crippen LogP contribution in [-0.4, -0.2) is 55.6 Å². The molecule has 8 nitrogen and oxygen atoms in total. The van der Waals surface area contributed by atoms with Crippen molar-refractivity contribution in [2.45, 2.75) is 6.54 Å². The van der Waals surface area contributed by atoms with Gasteiger partial charge in [-0.25, -0.2) is 4.79 Å². The number of carbonyl (C=O) groups is 3. The third-order valence-electron chi connectivity index (χ3n) is 5.03. The first-order valence-corrected chi connectivity index (χ1v) is 9.52. The van der Waals surface area contributed by atoms with Gasteiger partial charge in [0, 0.05) is 30.0 Å². The Balaban J connectivity index is 1.46. The van der Waals surface area contributed by atoms with Crippen LogP contribution in [0, 0.1) is 0 Å². The van der Waals surface area contributed by atoms with Gasteiger partial charge >= 0.3 is 6.03 Å². The maximum absolute atomic E-state index is 12.8. The molecule has 2 aliphatic heterocycles. The van der Waals surface area contributed by atoms with Crippen molar-refractivity contribution >= 4 is 29.2 Å². The van der Waals surface area contributed by atoms with Crippen molar-refractivity contribution in [2.24, 2.45) is 0 Å². The number of ether oxygens (including phenoxy) is 1. The van der Waals surface area contributed by atoms with Gasteiger partial charge in [-0.1, -0.05) is 18.2 Å². The molecule has 150 valence electrons. The minimum Gasteiger partial charge on any atom is -0.378 e. The third kappa shape index (κ3) is 4.22. The smallest absolute Gasteiger partial charge is 0.324 e. The predicted molar refractivity (Wildman–Crippen MR) is 108 cm³/mol. The summed E-state index contributed by atoms with van der Waals surface area (Å²) >= 11 is 0. The van der Waals surface area contributed by atoms with Crippen LogP contribution in [0.1, 0.15) is 15.9 Å². The standard InChI is InChI=1S/C21H22N4O4/c26-19-13-22-21(28)25(19)14-15-3-1-2-4-18(15)20(27)23-16-5-7-17(8-6-16)24-9-11-29-12-10-24/h1-8H,9-14H2,(H,22,28)(H,23,27). The predicted octanol–water partition coefficient (Wildman–Crippen LogP) is 1.83. The van der Waals surface area contributed by atoms with Crippen LogP contribution >= 0.6 is 0 Å². The second kappa shape index (κ2) is 8.32. The van der Waals surface area contributed by atoms with E-state index < -0.39 is 6.03 Å². The molecule has 2 fully saturated rings. The maximum atomic E-state index is 12.8. The van der Waals surface area contributed by atoms with Crippen LogP contribution in [-0.2, 0) is 16.1 Å². The second-order valence-corrected chi connectivity index (χ2v) is 6.90. The molecule has 0 saturated carbocycles. The topological polar surface area (TPSA) is 91.0 Å². The van der Waals surface area contributed by atoms with Crippen LogP contribution in [0.2, 0.25) is 0 Å². The van der Waals surface area contributed by atoms with Crippen molar-refractivity contribution in [1.29, 1.82) is 0 Å². The van der Waals surface area contributed by atoms with Gasteiger partial charge in [-0.05, 0) is 35.9 Å². The first-order chi connectivity index (χ1) is 14.1. The molecule has 0 bridgehead atoms. The van der Waals surface area contributed by atoms with Gasteiger partial charge in [-0.15, -0.1) is 0 Å². The van der Waals surface area contributed by atoms with E-state index in [1.165, 1.54) is 0 Å². The van der Waals surface area contributed by atoms with E-state index in [0.717, 1.165) is 23.7 Å². The van der Waals surface area contributed by atoms with Gasteiger partial charge in [0.05, 0.1) is 26.3 Å². The lowest BCUT2D eigenvalue weighted by atomic mass is 10.1. The zero-order chi connectivity index (χ0) is 20.2. The third-order valence-corrected chi connectivity index (χ3v) is 5.03. The summed E-state index contributed by atoms with van der Waals surface area (Å²) in [4.78, 5) is 39.8. The minimum atomic E-state index is -0.441. The van der Waals surface area contributed by atoms with Crippen LogP contribution in [0.5, 0.6) is 0 Å². The molecule has 2 aliphatic rings. The molecular weight excluding hydrogens is 372 g/mol. The molecule has 0 unspecified atom stereocenters. The first kappa shape index (κ1) is 18.9. The van der Waals surface area contributed by atoms with Crippen molar-refractivity contribution in [1.82, 2.24) is 10.2 Å². The van der Waals surface area contributed by atoms with E-state index in [9.17, 15) is 14.4 Å².